The van der Waals surface area contributed by atoms with Crippen molar-refractivity contribution in [2.24, 2.45) is 0 Å². The molecule has 0 spiro atoms. The number of hydrogen-bond acceptors (Lipinski definition) is 3. The van der Waals surface area contributed by atoms with Crippen molar-refractivity contribution in [3.05, 3.63) is 250 Å². The van der Waals surface area contributed by atoms with Gasteiger partial charge in [-0.05, 0) is 164 Å². The van der Waals surface area contributed by atoms with Crippen molar-refractivity contribution in [3.63, 3.8) is 0 Å². The Morgan fingerprint density at radius 1 is 0.402 bits per heavy atom. The zero-order valence-electron chi connectivity index (χ0n) is 52.8. The van der Waals surface area contributed by atoms with E-state index in [2.05, 4.69) is 276 Å². The molecule has 10 aromatic carbocycles. The molecule has 0 aliphatic heterocycles. The minimum Gasteiger partial charge on any atom is -0.507 e. The average molecular weight is 1320 g/mol. The zero-order chi connectivity index (χ0) is 60.4. The molecule has 0 bridgehead atoms. The smallest absolute Gasteiger partial charge is 0.242 e. The van der Waals surface area contributed by atoms with E-state index in [1.165, 1.54) is 100.0 Å². The van der Waals surface area contributed by atoms with Crippen molar-refractivity contribution in [2.75, 3.05) is 0 Å². The third kappa shape index (κ3) is 11.2. The molecule has 1 N–H and O–H groups in total. The second-order valence-corrected chi connectivity index (χ2v) is 25.4. The minimum absolute atomic E-state index is 0. The van der Waals surface area contributed by atoms with Gasteiger partial charge in [0, 0.05) is 26.8 Å². The summed E-state index contributed by atoms with van der Waals surface area (Å²) in [6.07, 6.45) is 0. The van der Waals surface area contributed by atoms with Crippen LogP contribution in [0.1, 0.15) is 135 Å². The standard InChI is InChI=1S/C80H78BN4O.Pt/c1-47(2)66-42-61(57-25-17-15-18-26-57)43-67(48(3)4)77(66)84-71-33-24-32-64(76(71)83-80(84)65-31-21-22-34-73(65)86)59-29-23-30-60(41-59)79-82-70-36-35-63(81(74-53(11)37-51(9)38-54(74)12)75-55(13)39-52(10)40-56(75)14)46-72(70)85(79)78-68(49(5)6)44-62(45-69(78)50(7)8)58-27-19-16-20-28-58;/h15-40,42-50,86H,1-14H3;/q-1;. The van der Waals surface area contributed by atoms with E-state index in [-0.39, 0.29) is 57.2 Å². The summed E-state index contributed by atoms with van der Waals surface area (Å²) in [4.78, 5) is 11.4. The van der Waals surface area contributed by atoms with Crippen LogP contribution in [0.3, 0.4) is 0 Å². The molecule has 87 heavy (non-hydrogen) atoms. The topological polar surface area (TPSA) is 55.9 Å². The van der Waals surface area contributed by atoms with E-state index in [4.69, 9.17) is 9.97 Å². The maximum absolute atomic E-state index is 11.8. The number of nitrogens with zero attached hydrogens (tertiary/aromatic N) is 4. The molecule has 0 atom stereocenters. The number of benzene rings is 10. The van der Waals surface area contributed by atoms with Crippen LogP contribution in [0.4, 0.5) is 0 Å². The van der Waals surface area contributed by atoms with Gasteiger partial charge in [-0.2, -0.15) is 0 Å². The molecule has 0 radical (unpaired) electrons. The van der Waals surface area contributed by atoms with E-state index >= 15 is 0 Å². The van der Waals surface area contributed by atoms with Gasteiger partial charge in [-0.1, -0.05) is 232 Å². The number of imidazole rings is 2. The molecule has 2 aromatic heterocycles. The Labute approximate surface area is 530 Å². The van der Waals surface area contributed by atoms with Gasteiger partial charge in [-0.25, -0.2) is 4.98 Å². The number of phenols is 1. The Hall–Kier alpha value is -8.31. The molecule has 2 heterocycles. The molecule has 12 rings (SSSR count). The maximum Gasteiger partial charge on any atom is 0.242 e. The first-order valence-corrected chi connectivity index (χ1v) is 30.8. The molecular weight excluding hydrogens is 1240 g/mol. The quantitative estimate of drug-likeness (QED) is 0.0872. The minimum atomic E-state index is -0.0325. The van der Waals surface area contributed by atoms with Crippen LogP contribution in [0.2, 0.25) is 0 Å². The summed E-state index contributed by atoms with van der Waals surface area (Å²) in [5.41, 5.74) is 30.8. The Morgan fingerprint density at radius 3 is 1.32 bits per heavy atom. The van der Waals surface area contributed by atoms with Crippen molar-refractivity contribution >= 4 is 45.2 Å². The van der Waals surface area contributed by atoms with Crippen LogP contribution >= 0.6 is 0 Å². The van der Waals surface area contributed by atoms with Crippen LogP contribution in [0, 0.1) is 47.6 Å². The molecule has 12 aromatic rings. The zero-order valence-corrected chi connectivity index (χ0v) is 55.1. The maximum atomic E-state index is 11.8. The van der Waals surface area contributed by atoms with E-state index in [1.54, 1.807) is 6.07 Å². The largest absolute Gasteiger partial charge is 0.507 e. The summed E-state index contributed by atoms with van der Waals surface area (Å²) in [6, 6.07) is 72.1. The number of aryl methyl sites for hydroxylation is 6. The fraction of sp³-hybridized carbons (Fsp3) is 0.225. The molecular formula is C80H78BN4OPt-. The Kier molecular flexibility index (Phi) is 17.0. The molecule has 438 valence electrons. The molecule has 0 aliphatic rings. The predicted octanol–water partition coefficient (Wildman–Crippen LogP) is 19.1. The summed E-state index contributed by atoms with van der Waals surface area (Å²) < 4.78 is 4.81. The summed E-state index contributed by atoms with van der Waals surface area (Å²) in [6.45, 7) is 31.9. The Bertz CT molecular complexity index is 4400. The number of para-hydroxylation sites is 2. The van der Waals surface area contributed by atoms with Crippen molar-refractivity contribution in [3.8, 4) is 73.3 Å². The number of phenolic OH excluding ortho intramolecular Hbond substituents is 1. The summed E-state index contributed by atoms with van der Waals surface area (Å²) >= 11 is 0. The van der Waals surface area contributed by atoms with E-state index in [0.29, 0.717) is 11.4 Å². The fourth-order valence-electron chi connectivity index (χ4n) is 13.8. The second-order valence-electron chi connectivity index (χ2n) is 25.4. The summed E-state index contributed by atoms with van der Waals surface area (Å²) in [7, 11) is 0. The fourth-order valence-corrected chi connectivity index (χ4v) is 13.8. The Morgan fingerprint density at radius 2 is 0.839 bits per heavy atom. The summed E-state index contributed by atoms with van der Waals surface area (Å²) in [5.74, 6) is 2.37. The van der Waals surface area contributed by atoms with Gasteiger partial charge in [0.05, 0.1) is 39.1 Å². The molecule has 5 nitrogen and oxygen atoms in total. The van der Waals surface area contributed by atoms with Gasteiger partial charge < -0.3 is 9.67 Å². The third-order valence-electron chi connectivity index (χ3n) is 17.7. The van der Waals surface area contributed by atoms with Gasteiger partial charge in [0.2, 0.25) is 6.71 Å². The van der Waals surface area contributed by atoms with Crippen LogP contribution in [-0.2, 0) is 21.1 Å². The van der Waals surface area contributed by atoms with Crippen LogP contribution in [0.25, 0.3) is 89.6 Å². The van der Waals surface area contributed by atoms with Crippen molar-refractivity contribution in [2.45, 2.75) is 121 Å². The van der Waals surface area contributed by atoms with Gasteiger partial charge >= 0.3 is 0 Å². The number of hydrogen-bond donors (Lipinski definition) is 1. The molecule has 0 saturated carbocycles. The van der Waals surface area contributed by atoms with Gasteiger partial charge in [-0.15, -0.1) is 29.8 Å². The number of aromatic nitrogens is 4. The van der Waals surface area contributed by atoms with Gasteiger partial charge in [0.1, 0.15) is 11.6 Å². The average Bonchev–Trinajstić information content (AvgIpc) is 1.83. The number of aromatic hydroxyl groups is 1. The van der Waals surface area contributed by atoms with E-state index in [1.807, 2.05) is 18.2 Å². The molecule has 0 unspecified atom stereocenters. The first-order chi connectivity index (χ1) is 41.4. The number of fused-ring (bicyclic) bond motifs is 2. The molecule has 7 heteroatoms. The Balaban J connectivity index is 0.00000784. The van der Waals surface area contributed by atoms with Crippen LogP contribution < -0.4 is 16.4 Å². The SMILES string of the molecule is Cc1cc(C)c(B(c2ccc3nc(-c4[c-]c(-c5cccc6c5nc(-c5ccccc5O)n6-c5c(C(C)C)cc(-c6ccccc6)cc5C(C)C)ccc4)n(-c4c(C(C)C)cc(-c5ccccc5)cc4C(C)C)c3c2)c2c(C)cc(C)cc2C)c(C)c1.[Pt]. The van der Waals surface area contributed by atoms with E-state index in [0.717, 1.165) is 50.3 Å². The molecule has 0 saturated heterocycles. The van der Waals surface area contributed by atoms with Crippen molar-refractivity contribution in [1.29, 1.82) is 0 Å². The van der Waals surface area contributed by atoms with Gasteiger partial charge in [0.25, 0.3) is 0 Å². The van der Waals surface area contributed by atoms with Gasteiger partial charge in [-0.3, -0.25) is 9.55 Å². The third-order valence-corrected chi connectivity index (χ3v) is 17.7. The first kappa shape index (κ1) is 60.4. The molecule has 0 amide bonds. The first-order valence-electron chi connectivity index (χ1n) is 30.8. The van der Waals surface area contributed by atoms with Crippen molar-refractivity contribution < 1.29 is 26.2 Å². The van der Waals surface area contributed by atoms with Crippen LogP contribution in [-0.4, -0.2) is 30.9 Å². The number of rotatable bonds is 14. The summed E-state index contributed by atoms with van der Waals surface area (Å²) in [5, 5.41) is 11.8. The van der Waals surface area contributed by atoms with Crippen LogP contribution in [0.5, 0.6) is 5.75 Å². The monoisotopic (exact) mass is 1320 g/mol. The molecule has 0 aliphatic carbocycles. The van der Waals surface area contributed by atoms with E-state index < -0.39 is 0 Å². The van der Waals surface area contributed by atoms with Gasteiger partial charge in [0.15, 0.2) is 0 Å². The van der Waals surface area contributed by atoms with Crippen LogP contribution in [0.15, 0.2) is 188 Å². The molecule has 0 fully saturated rings. The van der Waals surface area contributed by atoms with Crippen molar-refractivity contribution in [1.82, 2.24) is 19.1 Å². The normalized spacial score (nSPS) is 11.7. The second kappa shape index (κ2) is 24.5. The predicted molar refractivity (Wildman–Crippen MR) is 366 cm³/mol. The van der Waals surface area contributed by atoms with E-state index in [9.17, 15) is 5.11 Å².